The van der Waals surface area contributed by atoms with Crippen LogP contribution in [-0.4, -0.2) is 17.1 Å². The van der Waals surface area contributed by atoms with Crippen LogP contribution < -0.4 is 11.1 Å². The van der Waals surface area contributed by atoms with Gasteiger partial charge in [-0.05, 0) is 35.6 Å². The maximum atomic E-state index is 11.8. The molecule has 0 bridgehead atoms. The van der Waals surface area contributed by atoms with Crippen molar-refractivity contribution in [2.45, 2.75) is 19.0 Å². The number of phenols is 1. The number of aromatic hydroxyl groups is 1. The molecule has 1 heterocycles. The van der Waals surface area contributed by atoms with Gasteiger partial charge in [-0.3, -0.25) is 4.79 Å². The SMILES string of the molecule is NC(Cc1ccc(O)cc1)C(=O)NCc1cccs1. The highest BCUT2D eigenvalue weighted by Crippen LogP contribution is 2.11. The van der Waals surface area contributed by atoms with Gasteiger partial charge >= 0.3 is 0 Å². The minimum atomic E-state index is -0.579. The van der Waals surface area contributed by atoms with Crippen molar-refractivity contribution in [3.05, 3.63) is 52.2 Å². The number of benzene rings is 1. The Morgan fingerprint density at radius 2 is 2.05 bits per heavy atom. The number of thiophene rings is 1. The lowest BCUT2D eigenvalue weighted by Gasteiger charge is -2.11. The zero-order valence-electron chi connectivity index (χ0n) is 10.4. The van der Waals surface area contributed by atoms with Gasteiger partial charge in [-0.1, -0.05) is 18.2 Å². The number of hydrogen-bond acceptors (Lipinski definition) is 4. The van der Waals surface area contributed by atoms with Crippen LogP contribution in [0, 0.1) is 0 Å². The second kappa shape index (κ2) is 6.36. The zero-order valence-corrected chi connectivity index (χ0v) is 11.2. The lowest BCUT2D eigenvalue weighted by Crippen LogP contribution is -2.41. The van der Waals surface area contributed by atoms with Crippen molar-refractivity contribution in [1.82, 2.24) is 5.32 Å². The van der Waals surface area contributed by atoms with E-state index < -0.39 is 6.04 Å². The molecule has 19 heavy (non-hydrogen) atoms. The maximum absolute atomic E-state index is 11.8. The third kappa shape index (κ3) is 4.08. The van der Waals surface area contributed by atoms with Gasteiger partial charge in [0.1, 0.15) is 5.75 Å². The first-order chi connectivity index (χ1) is 9.15. The van der Waals surface area contributed by atoms with Crippen LogP contribution in [0.15, 0.2) is 41.8 Å². The van der Waals surface area contributed by atoms with Gasteiger partial charge in [-0.25, -0.2) is 0 Å². The van der Waals surface area contributed by atoms with Gasteiger partial charge in [-0.2, -0.15) is 0 Å². The average Bonchev–Trinajstić information content (AvgIpc) is 2.91. The van der Waals surface area contributed by atoms with Gasteiger partial charge in [0.2, 0.25) is 5.91 Å². The molecule has 1 aromatic carbocycles. The lowest BCUT2D eigenvalue weighted by molar-refractivity contribution is -0.122. The Hall–Kier alpha value is -1.85. The Labute approximate surface area is 115 Å². The largest absolute Gasteiger partial charge is 0.508 e. The highest BCUT2D eigenvalue weighted by Gasteiger charge is 2.13. The first kappa shape index (κ1) is 13.6. The summed E-state index contributed by atoms with van der Waals surface area (Å²) in [7, 11) is 0. The number of carbonyl (C=O) groups excluding carboxylic acids is 1. The van der Waals surface area contributed by atoms with Gasteiger partial charge in [0.25, 0.3) is 0 Å². The van der Waals surface area contributed by atoms with Crippen molar-refractivity contribution in [2.75, 3.05) is 0 Å². The molecule has 4 nitrogen and oxygen atoms in total. The van der Waals surface area contributed by atoms with Crippen LogP contribution in [-0.2, 0) is 17.8 Å². The molecule has 5 heteroatoms. The normalized spacial score (nSPS) is 12.1. The van der Waals surface area contributed by atoms with Gasteiger partial charge in [0.05, 0.1) is 12.6 Å². The van der Waals surface area contributed by atoms with Crippen molar-refractivity contribution in [1.29, 1.82) is 0 Å². The smallest absolute Gasteiger partial charge is 0.237 e. The van der Waals surface area contributed by atoms with Crippen molar-refractivity contribution < 1.29 is 9.90 Å². The molecule has 0 fully saturated rings. The summed E-state index contributed by atoms with van der Waals surface area (Å²) in [5.41, 5.74) is 6.78. The Morgan fingerprint density at radius 1 is 1.32 bits per heavy atom. The van der Waals surface area contributed by atoms with Crippen molar-refractivity contribution >= 4 is 17.2 Å². The molecule has 0 aliphatic rings. The zero-order chi connectivity index (χ0) is 13.7. The molecule has 0 aliphatic heterocycles. The number of nitrogens with two attached hydrogens (primary N) is 1. The van der Waals surface area contributed by atoms with Gasteiger partial charge in [0, 0.05) is 4.88 Å². The summed E-state index contributed by atoms with van der Waals surface area (Å²) in [5, 5.41) is 14.0. The van der Waals surface area contributed by atoms with Gasteiger partial charge in [-0.15, -0.1) is 11.3 Å². The Bertz CT molecular complexity index is 523. The fourth-order valence-electron chi connectivity index (χ4n) is 1.70. The van der Waals surface area contributed by atoms with E-state index in [2.05, 4.69) is 5.32 Å². The second-order valence-corrected chi connectivity index (χ2v) is 5.31. The Kier molecular flexibility index (Phi) is 4.54. The number of nitrogens with one attached hydrogen (secondary N) is 1. The number of hydrogen-bond donors (Lipinski definition) is 3. The molecule has 1 atom stereocenters. The molecule has 100 valence electrons. The van der Waals surface area contributed by atoms with Crippen molar-refractivity contribution in [3.63, 3.8) is 0 Å². The molecule has 0 spiro atoms. The second-order valence-electron chi connectivity index (χ2n) is 4.27. The highest BCUT2D eigenvalue weighted by atomic mass is 32.1. The summed E-state index contributed by atoms with van der Waals surface area (Å²) in [5.74, 6) is 0.0425. The molecular formula is C14H16N2O2S. The van der Waals surface area contributed by atoms with Crippen LogP contribution in [0.5, 0.6) is 5.75 Å². The monoisotopic (exact) mass is 276 g/mol. The number of amides is 1. The van der Waals surface area contributed by atoms with Crippen LogP contribution >= 0.6 is 11.3 Å². The first-order valence-corrected chi connectivity index (χ1v) is 6.86. The standard InChI is InChI=1S/C14H16N2O2S/c15-13(8-10-3-5-11(17)6-4-10)14(18)16-9-12-2-1-7-19-12/h1-7,13,17H,8-9,15H2,(H,16,18). The fraction of sp³-hybridized carbons (Fsp3) is 0.214. The minimum absolute atomic E-state index is 0.165. The van der Waals surface area contributed by atoms with E-state index in [0.29, 0.717) is 13.0 Å². The third-order valence-electron chi connectivity index (χ3n) is 2.75. The highest BCUT2D eigenvalue weighted by molar-refractivity contribution is 7.09. The molecule has 0 aliphatic carbocycles. The molecule has 2 aromatic rings. The molecule has 4 N–H and O–H groups in total. The molecule has 1 unspecified atom stereocenters. The summed E-state index contributed by atoms with van der Waals surface area (Å²) in [6.45, 7) is 0.514. The van der Waals surface area contributed by atoms with E-state index in [1.54, 1.807) is 35.6 Å². The van der Waals surface area contributed by atoms with E-state index in [0.717, 1.165) is 10.4 Å². The maximum Gasteiger partial charge on any atom is 0.237 e. The Balaban J connectivity index is 1.83. The van der Waals surface area contributed by atoms with Crippen LogP contribution in [0.1, 0.15) is 10.4 Å². The minimum Gasteiger partial charge on any atom is -0.508 e. The van der Waals surface area contributed by atoms with E-state index in [1.165, 1.54) is 0 Å². The van der Waals surface area contributed by atoms with Crippen LogP contribution in [0.3, 0.4) is 0 Å². The molecule has 1 aromatic heterocycles. The van der Waals surface area contributed by atoms with Crippen molar-refractivity contribution in [2.24, 2.45) is 5.73 Å². The molecule has 1 amide bonds. The van der Waals surface area contributed by atoms with Gasteiger partial charge < -0.3 is 16.2 Å². The number of carbonyl (C=O) groups is 1. The average molecular weight is 276 g/mol. The van der Waals surface area contributed by atoms with E-state index in [1.807, 2.05) is 17.5 Å². The molecular weight excluding hydrogens is 260 g/mol. The van der Waals surface area contributed by atoms with Crippen molar-refractivity contribution in [3.8, 4) is 5.75 Å². The first-order valence-electron chi connectivity index (χ1n) is 5.99. The lowest BCUT2D eigenvalue weighted by atomic mass is 10.1. The van der Waals surface area contributed by atoms with Gasteiger partial charge in [0.15, 0.2) is 0 Å². The number of phenolic OH excluding ortho intramolecular Hbond substituents is 1. The summed E-state index contributed by atoms with van der Waals surface area (Å²) in [4.78, 5) is 12.9. The topological polar surface area (TPSA) is 75.3 Å². The summed E-state index contributed by atoms with van der Waals surface area (Å²) < 4.78 is 0. The fourth-order valence-corrected chi connectivity index (χ4v) is 2.34. The van der Waals surface area contributed by atoms with Crippen LogP contribution in [0.4, 0.5) is 0 Å². The molecule has 0 saturated heterocycles. The molecule has 2 rings (SSSR count). The number of rotatable bonds is 5. The Morgan fingerprint density at radius 3 is 2.68 bits per heavy atom. The summed E-state index contributed by atoms with van der Waals surface area (Å²) >= 11 is 1.60. The van der Waals surface area contributed by atoms with Crippen LogP contribution in [0.25, 0.3) is 0 Å². The van der Waals surface area contributed by atoms with E-state index in [9.17, 15) is 9.90 Å². The predicted octanol–water partition coefficient (Wildman–Crippen LogP) is 1.64. The quantitative estimate of drug-likeness (QED) is 0.777. The van der Waals surface area contributed by atoms with E-state index in [-0.39, 0.29) is 11.7 Å². The molecule has 0 radical (unpaired) electrons. The predicted molar refractivity (Wildman–Crippen MR) is 76.0 cm³/mol. The van der Waals surface area contributed by atoms with Crippen LogP contribution in [0.2, 0.25) is 0 Å². The van der Waals surface area contributed by atoms with E-state index >= 15 is 0 Å². The molecule has 0 saturated carbocycles. The summed E-state index contributed by atoms with van der Waals surface area (Å²) in [6, 6.07) is 10.0. The third-order valence-corrected chi connectivity index (χ3v) is 3.62. The van der Waals surface area contributed by atoms with E-state index in [4.69, 9.17) is 5.73 Å². The summed E-state index contributed by atoms with van der Waals surface area (Å²) in [6.07, 6.45) is 0.455.